The van der Waals surface area contributed by atoms with Crippen LogP contribution >= 0.6 is 0 Å². The fourth-order valence-corrected chi connectivity index (χ4v) is 4.07. The molecule has 8 heteroatoms. The van der Waals surface area contributed by atoms with Crippen molar-refractivity contribution >= 4 is 5.95 Å². The van der Waals surface area contributed by atoms with Crippen LogP contribution in [0.3, 0.4) is 0 Å². The maximum Gasteiger partial charge on any atom is 0.223 e. The largest absolute Gasteiger partial charge is 0.463 e. The molecular weight excluding hydrogens is 382 g/mol. The molecule has 5 rings (SSSR count). The predicted octanol–water partition coefficient (Wildman–Crippen LogP) is 1.32. The molecule has 0 spiro atoms. The van der Waals surface area contributed by atoms with Crippen molar-refractivity contribution in [1.82, 2.24) is 9.97 Å². The third-order valence-electron chi connectivity index (χ3n) is 5.55. The number of fused-ring (bicyclic) bond motifs is 1. The average Bonchev–Trinajstić information content (AvgIpc) is 3.53. The molecule has 8 nitrogen and oxygen atoms in total. The maximum absolute atomic E-state index is 9.06. The second-order valence-electron chi connectivity index (χ2n) is 7.51. The first-order chi connectivity index (χ1) is 14.8. The lowest BCUT2D eigenvalue weighted by Gasteiger charge is -2.17. The molecule has 4 heterocycles. The van der Waals surface area contributed by atoms with Crippen LogP contribution in [0.1, 0.15) is 11.1 Å². The molecular formula is C22H22N5O3+. The molecule has 0 radical (unpaired) electrons. The van der Waals surface area contributed by atoms with E-state index in [0.29, 0.717) is 30.5 Å². The molecule has 0 amide bonds. The monoisotopic (exact) mass is 404 g/mol. The van der Waals surface area contributed by atoms with Gasteiger partial charge in [-0.2, -0.15) is 5.26 Å². The van der Waals surface area contributed by atoms with Gasteiger partial charge in [-0.3, -0.25) is 0 Å². The van der Waals surface area contributed by atoms with Gasteiger partial charge in [0.25, 0.3) is 0 Å². The van der Waals surface area contributed by atoms with E-state index in [1.54, 1.807) is 12.5 Å². The maximum atomic E-state index is 9.06. The SMILES string of the molecule is N#Cc1cccc(C[NH2+][C@H]2CO[C@H]3[C@@H]2OC[C@@H]3Nc2nccc(-c3ccco3)n2)c1. The van der Waals surface area contributed by atoms with Gasteiger partial charge in [-0.1, -0.05) is 12.1 Å². The summed E-state index contributed by atoms with van der Waals surface area (Å²) >= 11 is 0. The Morgan fingerprint density at radius 1 is 1.13 bits per heavy atom. The van der Waals surface area contributed by atoms with Crippen LogP contribution in [-0.2, 0) is 16.0 Å². The number of rotatable bonds is 6. The first kappa shape index (κ1) is 18.8. The van der Waals surface area contributed by atoms with Crippen LogP contribution in [0.5, 0.6) is 0 Å². The summed E-state index contributed by atoms with van der Waals surface area (Å²) in [5.41, 5.74) is 2.53. The molecule has 4 atom stereocenters. The van der Waals surface area contributed by atoms with Crippen LogP contribution in [-0.4, -0.2) is 47.5 Å². The van der Waals surface area contributed by atoms with E-state index < -0.39 is 0 Å². The molecule has 3 N–H and O–H groups in total. The van der Waals surface area contributed by atoms with E-state index in [1.807, 2.05) is 42.5 Å². The molecule has 0 aliphatic carbocycles. The molecule has 1 aromatic carbocycles. The third kappa shape index (κ3) is 3.78. The first-order valence-electron chi connectivity index (χ1n) is 9.99. The highest BCUT2D eigenvalue weighted by atomic mass is 16.6. The standard InChI is InChI=1S/C22H21N5O3/c23-10-14-3-1-4-15(9-14)11-25-17-12-29-21-18(13-30-20(17)21)27-22-24-7-6-16(26-22)19-5-2-8-28-19/h1-9,17-18,20-21,25H,11-13H2,(H,24,26,27)/p+1/t17-,18-,20+,21+/m0/s1. The number of hydrogen-bond donors (Lipinski definition) is 2. The summed E-state index contributed by atoms with van der Waals surface area (Å²) in [5.74, 6) is 1.23. The quantitative estimate of drug-likeness (QED) is 0.638. The van der Waals surface area contributed by atoms with Crippen LogP contribution in [0.4, 0.5) is 5.95 Å². The number of ether oxygens (including phenoxy) is 2. The van der Waals surface area contributed by atoms with Crippen molar-refractivity contribution in [3.63, 3.8) is 0 Å². The molecule has 3 aromatic rings. The summed E-state index contributed by atoms with van der Waals surface area (Å²) in [5, 5.41) is 14.7. The lowest BCUT2D eigenvalue weighted by molar-refractivity contribution is -0.707. The van der Waals surface area contributed by atoms with Crippen molar-refractivity contribution in [1.29, 1.82) is 5.26 Å². The molecule has 2 aliphatic heterocycles. The van der Waals surface area contributed by atoms with Gasteiger partial charge in [-0.15, -0.1) is 0 Å². The van der Waals surface area contributed by atoms with Gasteiger partial charge in [0.15, 0.2) is 5.76 Å². The van der Waals surface area contributed by atoms with Gasteiger partial charge in [-0.05, 0) is 30.3 Å². The Labute approximate surface area is 173 Å². The Balaban J connectivity index is 1.21. The molecule has 152 valence electrons. The smallest absolute Gasteiger partial charge is 0.223 e. The normalized spacial score (nSPS) is 25.0. The molecule has 2 aliphatic rings. The van der Waals surface area contributed by atoms with Crippen LogP contribution in [0, 0.1) is 11.3 Å². The number of nitrogens with one attached hydrogen (secondary N) is 1. The zero-order valence-corrected chi connectivity index (χ0v) is 16.3. The first-order valence-corrected chi connectivity index (χ1v) is 9.99. The average molecular weight is 404 g/mol. The summed E-state index contributed by atoms with van der Waals surface area (Å²) in [7, 11) is 0. The predicted molar refractivity (Wildman–Crippen MR) is 107 cm³/mol. The summed E-state index contributed by atoms with van der Waals surface area (Å²) in [6.45, 7) is 1.94. The van der Waals surface area contributed by atoms with E-state index in [0.717, 1.165) is 17.8 Å². The van der Waals surface area contributed by atoms with Crippen molar-refractivity contribution in [3.05, 3.63) is 66.1 Å². The van der Waals surface area contributed by atoms with Gasteiger partial charge < -0.3 is 24.5 Å². The van der Waals surface area contributed by atoms with Crippen molar-refractivity contribution in [2.45, 2.75) is 30.8 Å². The van der Waals surface area contributed by atoms with E-state index in [2.05, 4.69) is 26.7 Å². The zero-order chi connectivity index (χ0) is 20.3. The lowest BCUT2D eigenvalue weighted by atomic mass is 10.1. The third-order valence-corrected chi connectivity index (χ3v) is 5.55. The number of nitriles is 1. The highest BCUT2D eigenvalue weighted by Crippen LogP contribution is 2.27. The van der Waals surface area contributed by atoms with Gasteiger partial charge in [0, 0.05) is 11.8 Å². The number of nitrogens with two attached hydrogens (primary N) is 1. The van der Waals surface area contributed by atoms with Crippen LogP contribution in [0.25, 0.3) is 11.5 Å². The van der Waals surface area contributed by atoms with Gasteiger partial charge in [0.05, 0.1) is 30.5 Å². The minimum atomic E-state index is -0.0486. The van der Waals surface area contributed by atoms with Crippen LogP contribution in [0.2, 0.25) is 0 Å². The number of nitrogens with zero attached hydrogens (tertiary/aromatic N) is 3. The fraction of sp³-hybridized carbons (Fsp3) is 0.318. The fourth-order valence-electron chi connectivity index (χ4n) is 4.07. The Hall–Kier alpha value is -3.25. The van der Waals surface area contributed by atoms with Crippen LogP contribution in [0.15, 0.2) is 59.3 Å². The molecule has 30 heavy (non-hydrogen) atoms. The summed E-state index contributed by atoms with van der Waals surface area (Å²) < 4.78 is 17.5. The Morgan fingerprint density at radius 2 is 2.07 bits per heavy atom. The topological polar surface area (TPSA) is 110 Å². The van der Waals surface area contributed by atoms with Crippen LogP contribution < -0.4 is 10.6 Å². The summed E-state index contributed by atoms with van der Waals surface area (Å²) in [4.78, 5) is 8.87. The Kier molecular flexibility index (Phi) is 5.15. The van der Waals surface area contributed by atoms with E-state index in [4.69, 9.17) is 19.2 Å². The number of quaternary nitrogens is 1. The van der Waals surface area contributed by atoms with Crippen molar-refractivity contribution < 1.29 is 19.2 Å². The molecule has 0 unspecified atom stereocenters. The Bertz CT molecular complexity index is 1050. The number of furan rings is 1. The van der Waals surface area contributed by atoms with Gasteiger partial charge in [-0.25, -0.2) is 9.97 Å². The molecule has 0 bridgehead atoms. The second-order valence-corrected chi connectivity index (χ2v) is 7.51. The lowest BCUT2D eigenvalue weighted by Crippen LogP contribution is -2.91. The molecule has 2 aromatic heterocycles. The molecule has 2 fully saturated rings. The van der Waals surface area contributed by atoms with E-state index in [-0.39, 0.29) is 24.3 Å². The highest BCUT2D eigenvalue weighted by molar-refractivity contribution is 5.53. The van der Waals surface area contributed by atoms with E-state index in [1.165, 1.54) is 0 Å². The number of anilines is 1. The zero-order valence-electron chi connectivity index (χ0n) is 16.3. The minimum absolute atomic E-state index is 0.00917. The molecule has 2 saturated heterocycles. The number of hydrogen-bond acceptors (Lipinski definition) is 7. The summed E-state index contributed by atoms with van der Waals surface area (Å²) in [6.07, 6.45) is 3.30. The van der Waals surface area contributed by atoms with E-state index in [9.17, 15) is 0 Å². The van der Waals surface area contributed by atoms with Gasteiger partial charge in [0.1, 0.15) is 37.1 Å². The Morgan fingerprint density at radius 3 is 2.93 bits per heavy atom. The van der Waals surface area contributed by atoms with Crippen molar-refractivity contribution in [3.8, 4) is 17.5 Å². The van der Waals surface area contributed by atoms with Gasteiger partial charge >= 0.3 is 0 Å². The number of aromatic nitrogens is 2. The summed E-state index contributed by atoms with van der Waals surface area (Å²) in [6, 6.07) is 15.6. The van der Waals surface area contributed by atoms with Crippen molar-refractivity contribution in [2.24, 2.45) is 0 Å². The minimum Gasteiger partial charge on any atom is -0.463 e. The molecule has 0 saturated carbocycles. The number of benzene rings is 1. The van der Waals surface area contributed by atoms with E-state index >= 15 is 0 Å². The van der Waals surface area contributed by atoms with Gasteiger partial charge in [0.2, 0.25) is 5.95 Å². The van der Waals surface area contributed by atoms with Crippen molar-refractivity contribution in [2.75, 3.05) is 18.5 Å². The second kappa shape index (κ2) is 8.24. The highest BCUT2D eigenvalue weighted by Gasteiger charge is 2.49.